The van der Waals surface area contributed by atoms with Crippen LogP contribution in [-0.2, 0) is 4.79 Å². The molecule has 152 valence electrons. The van der Waals surface area contributed by atoms with E-state index in [9.17, 15) is 14.4 Å². The van der Waals surface area contributed by atoms with Crippen LogP contribution in [0.4, 0.5) is 5.69 Å². The number of hydrogen-bond donors (Lipinski definition) is 4. The summed E-state index contributed by atoms with van der Waals surface area (Å²) in [5.74, 6) is -1.10. The molecule has 10 heteroatoms. The third-order valence-electron chi connectivity index (χ3n) is 3.55. The summed E-state index contributed by atoms with van der Waals surface area (Å²) in [4.78, 5) is 35.9. The van der Waals surface area contributed by atoms with Crippen molar-refractivity contribution in [3.05, 3.63) is 63.6 Å². The molecule has 29 heavy (non-hydrogen) atoms. The van der Waals surface area contributed by atoms with Crippen LogP contribution in [0.25, 0.3) is 0 Å². The second-order valence-electron chi connectivity index (χ2n) is 5.90. The number of carbonyl (C=O) groups excluding carboxylic acids is 3. The number of nitrogens with one attached hydrogen (secondary N) is 4. The predicted molar refractivity (Wildman–Crippen MR) is 117 cm³/mol. The quantitative estimate of drug-likeness (QED) is 0.409. The van der Waals surface area contributed by atoms with E-state index in [0.717, 1.165) is 6.42 Å². The van der Waals surface area contributed by atoms with Gasteiger partial charge in [0.2, 0.25) is 5.91 Å². The van der Waals surface area contributed by atoms with E-state index in [1.165, 1.54) is 18.2 Å². The molecule has 0 saturated heterocycles. The molecule has 2 rings (SSSR count). The number of thiocarbonyl (C=S) groups is 1. The molecular formula is C19H18Cl2N4O3S. The molecule has 0 unspecified atom stereocenters. The molecule has 0 heterocycles. The van der Waals surface area contributed by atoms with Crippen molar-refractivity contribution >= 4 is 63.9 Å². The highest BCUT2D eigenvalue weighted by Gasteiger charge is 2.11. The fraction of sp³-hybridized carbons (Fsp3) is 0.158. The molecule has 0 radical (unpaired) electrons. The Balaban J connectivity index is 1.85. The van der Waals surface area contributed by atoms with E-state index in [0.29, 0.717) is 27.7 Å². The number of carbonyl (C=O) groups is 3. The Bertz CT molecular complexity index is 915. The minimum absolute atomic E-state index is 0.0894. The Morgan fingerprint density at radius 3 is 2.10 bits per heavy atom. The van der Waals surface area contributed by atoms with Gasteiger partial charge in [-0.3, -0.25) is 30.6 Å². The summed E-state index contributed by atoms with van der Waals surface area (Å²) in [5, 5.41) is 5.64. The second kappa shape index (κ2) is 10.8. The smallest absolute Gasteiger partial charge is 0.269 e. The van der Waals surface area contributed by atoms with Crippen molar-refractivity contribution < 1.29 is 14.4 Å². The lowest BCUT2D eigenvalue weighted by Gasteiger charge is -2.11. The SMILES string of the molecule is CCCC(=O)Nc1ccc(C(=O)NNC(=S)NC(=O)c2cc(Cl)cc(Cl)c2)cc1. The Kier molecular flexibility index (Phi) is 8.38. The molecule has 0 saturated carbocycles. The van der Waals surface area contributed by atoms with E-state index in [1.807, 2.05) is 6.92 Å². The third-order valence-corrected chi connectivity index (χ3v) is 4.19. The van der Waals surface area contributed by atoms with Crippen molar-refractivity contribution in [3.63, 3.8) is 0 Å². The minimum Gasteiger partial charge on any atom is -0.326 e. The van der Waals surface area contributed by atoms with Crippen LogP contribution in [-0.4, -0.2) is 22.8 Å². The van der Waals surface area contributed by atoms with E-state index >= 15 is 0 Å². The van der Waals surface area contributed by atoms with Gasteiger partial charge in [-0.2, -0.15) is 0 Å². The van der Waals surface area contributed by atoms with Gasteiger partial charge in [0.25, 0.3) is 11.8 Å². The van der Waals surface area contributed by atoms with Crippen molar-refractivity contribution in [3.8, 4) is 0 Å². The molecule has 0 spiro atoms. The number of rotatable bonds is 5. The summed E-state index contributed by atoms with van der Waals surface area (Å²) in [6, 6.07) is 10.7. The summed E-state index contributed by atoms with van der Waals surface area (Å²) in [7, 11) is 0. The Hall–Kier alpha value is -2.68. The van der Waals surface area contributed by atoms with Crippen LogP contribution in [0.5, 0.6) is 0 Å². The van der Waals surface area contributed by atoms with Crippen molar-refractivity contribution in [1.82, 2.24) is 16.2 Å². The average Bonchev–Trinajstić information content (AvgIpc) is 2.66. The molecule has 0 aliphatic rings. The minimum atomic E-state index is -0.534. The van der Waals surface area contributed by atoms with Crippen LogP contribution in [0.2, 0.25) is 10.0 Å². The first-order chi connectivity index (χ1) is 13.8. The number of hydrogen-bond acceptors (Lipinski definition) is 4. The second-order valence-corrected chi connectivity index (χ2v) is 7.18. The van der Waals surface area contributed by atoms with Gasteiger partial charge in [-0.15, -0.1) is 0 Å². The summed E-state index contributed by atoms with van der Waals surface area (Å²) in [5.41, 5.74) is 5.96. The largest absolute Gasteiger partial charge is 0.326 e. The van der Waals surface area contributed by atoms with Gasteiger partial charge in [0.1, 0.15) is 0 Å². The predicted octanol–water partition coefficient (Wildman–Crippen LogP) is 3.68. The van der Waals surface area contributed by atoms with Crippen LogP contribution in [0.3, 0.4) is 0 Å². The highest BCUT2D eigenvalue weighted by molar-refractivity contribution is 7.80. The molecule has 0 aliphatic heterocycles. The number of hydrazine groups is 1. The molecule has 0 aromatic heterocycles. The topological polar surface area (TPSA) is 99.3 Å². The molecule has 0 fully saturated rings. The van der Waals surface area contributed by atoms with Gasteiger partial charge in [0.15, 0.2) is 5.11 Å². The molecule has 3 amide bonds. The number of benzene rings is 2. The number of halogens is 2. The lowest BCUT2D eigenvalue weighted by Crippen LogP contribution is -2.48. The van der Waals surface area contributed by atoms with Gasteiger partial charge in [-0.1, -0.05) is 30.1 Å². The summed E-state index contributed by atoms with van der Waals surface area (Å²) >= 11 is 16.7. The zero-order valence-electron chi connectivity index (χ0n) is 15.3. The molecular weight excluding hydrogens is 435 g/mol. The summed E-state index contributed by atoms with van der Waals surface area (Å²) in [6.45, 7) is 1.91. The van der Waals surface area contributed by atoms with Gasteiger partial charge >= 0.3 is 0 Å². The standard InChI is InChI=1S/C19H18Cl2N4O3S/c1-2-3-16(26)22-15-6-4-11(5-7-15)18(28)24-25-19(29)23-17(27)12-8-13(20)10-14(21)9-12/h4-10H,2-3H2,1H3,(H,22,26)(H,24,28)(H2,23,25,27,29). The number of amides is 3. The maximum Gasteiger partial charge on any atom is 0.269 e. The molecule has 4 N–H and O–H groups in total. The average molecular weight is 453 g/mol. The molecule has 2 aromatic rings. The Morgan fingerprint density at radius 2 is 1.52 bits per heavy atom. The Labute approximate surface area is 183 Å². The first-order valence-corrected chi connectivity index (χ1v) is 9.72. The zero-order chi connectivity index (χ0) is 21.4. The molecule has 0 bridgehead atoms. The lowest BCUT2D eigenvalue weighted by atomic mass is 10.2. The van der Waals surface area contributed by atoms with E-state index in [1.54, 1.807) is 24.3 Å². The van der Waals surface area contributed by atoms with Gasteiger partial charge < -0.3 is 5.32 Å². The molecule has 0 atom stereocenters. The highest BCUT2D eigenvalue weighted by atomic mass is 35.5. The molecule has 2 aromatic carbocycles. The van der Waals surface area contributed by atoms with Crippen molar-refractivity contribution in [1.29, 1.82) is 0 Å². The first kappa shape index (κ1) is 22.6. The molecule has 0 aliphatic carbocycles. The third kappa shape index (κ3) is 7.34. The monoisotopic (exact) mass is 452 g/mol. The first-order valence-electron chi connectivity index (χ1n) is 8.56. The van der Waals surface area contributed by atoms with Gasteiger partial charge in [0, 0.05) is 33.3 Å². The normalized spacial score (nSPS) is 10.0. The van der Waals surface area contributed by atoms with Crippen molar-refractivity contribution in [2.24, 2.45) is 0 Å². The Morgan fingerprint density at radius 1 is 0.897 bits per heavy atom. The fourth-order valence-electron chi connectivity index (χ4n) is 2.23. The van der Waals surface area contributed by atoms with E-state index in [2.05, 4.69) is 21.5 Å². The van der Waals surface area contributed by atoms with Crippen LogP contribution >= 0.6 is 35.4 Å². The van der Waals surface area contributed by atoms with Crippen LogP contribution in [0.15, 0.2) is 42.5 Å². The van der Waals surface area contributed by atoms with Crippen LogP contribution in [0, 0.1) is 0 Å². The maximum atomic E-state index is 12.2. The number of anilines is 1. The highest BCUT2D eigenvalue weighted by Crippen LogP contribution is 2.18. The summed E-state index contributed by atoms with van der Waals surface area (Å²) < 4.78 is 0. The van der Waals surface area contributed by atoms with Gasteiger partial charge in [-0.05, 0) is 61.1 Å². The van der Waals surface area contributed by atoms with Gasteiger partial charge in [0.05, 0.1) is 0 Å². The molecule has 7 nitrogen and oxygen atoms in total. The van der Waals surface area contributed by atoms with Gasteiger partial charge in [-0.25, -0.2) is 0 Å². The lowest BCUT2D eigenvalue weighted by molar-refractivity contribution is -0.116. The van der Waals surface area contributed by atoms with Crippen molar-refractivity contribution in [2.45, 2.75) is 19.8 Å². The van der Waals surface area contributed by atoms with Crippen molar-refractivity contribution in [2.75, 3.05) is 5.32 Å². The van der Waals surface area contributed by atoms with Crippen LogP contribution < -0.4 is 21.5 Å². The maximum absolute atomic E-state index is 12.2. The van der Waals surface area contributed by atoms with Crippen LogP contribution in [0.1, 0.15) is 40.5 Å². The van der Waals surface area contributed by atoms with E-state index in [-0.39, 0.29) is 16.6 Å². The fourth-order valence-corrected chi connectivity index (χ4v) is 2.90. The zero-order valence-corrected chi connectivity index (χ0v) is 17.7. The summed E-state index contributed by atoms with van der Waals surface area (Å²) in [6.07, 6.45) is 1.18. The van der Waals surface area contributed by atoms with E-state index < -0.39 is 11.8 Å². The van der Waals surface area contributed by atoms with E-state index in [4.69, 9.17) is 35.4 Å².